The monoisotopic (exact) mass is 392 g/mol. The molecule has 0 saturated heterocycles. The molecule has 1 aliphatic carbocycles. The van der Waals surface area contributed by atoms with E-state index in [4.69, 9.17) is 5.26 Å². The average molecular weight is 392 g/mol. The van der Waals surface area contributed by atoms with Crippen LogP contribution in [0.15, 0.2) is 30.6 Å². The van der Waals surface area contributed by atoms with Crippen molar-refractivity contribution in [1.29, 1.82) is 5.26 Å². The van der Waals surface area contributed by atoms with E-state index < -0.39 is 5.60 Å². The van der Waals surface area contributed by atoms with Crippen molar-refractivity contribution in [2.45, 2.75) is 57.6 Å². The van der Waals surface area contributed by atoms with Crippen LogP contribution < -0.4 is 5.32 Å². The summed E-state index contributed by atoms with van der Waals surface area (Å²) in [6, 6.07) is 7.40. The molecular weight excluding hydrogens is 368 g/mol. The molecule has 1 saturated carbocycles. The molecule has 8 heteroatoms. The highest BCUT2D eigenvalue weighted by molar-refractivity contribution is 6.04. The second-order valence-corrected chi connectivity index (χ2v) is 8.09. The fourth-order valence-electron chi connectivity index (χ4n) is 3.89. The van der Waals surface area contributed by atoms with E-state index in [1.54, 1.807) is 32.0 Å². The normalized spacial score (nSPS) is 15.4. The van der Waals surface area contributed by atoms with Crippen molar-refractivity contribution in [2.24, 2.45) is 0 Å². The molecule has 150 valence electrons. The minimum atomic E-state index is -1.19. The number of rotatable bonds is 4. The largest absolute Gasteiger partial charge is 0.384 e. The molecule has 4 rings (SSSR count). The quantitative estimate of drug-likeness (QED) is 0.707. The van der Waals surface area contributed by atoms with Crippen molar-refractivity contribution < 1.29 is 9.90 Å². The van der Waals surface area contributed by atoms with Crippen LogP contribution in [0.2, 0.25) is 0 Å². The van der Waals surface area contributed by atoms with Gasteiger partial charge >= 0.3 is 0 Å². The number of nitrogens with zero attached hydrogens (tertiary/aromatic N) is 5. The molecule has 8 nitrogen and oxygen atoms in total. The number of carbonyl (C=O) groups is 1. The van der Waals surface area contributed by atoms with Crippen LogP contribution in [0.5, 0.6) is 0 Å². The van der Waals surface area contributed by atoms with Gasteiger partial charge in [-0.3, -0.25) is 9.48 Å². The minimum absolute atomic E-state index is 0.288. The molecule has 3 heterocycles. The summed E-state index contributed by atoms with van der Waals surface area (Å²) in [5.41, 5.74) is 1.18. The third kappa shape index (κ3) is 3.74. The number of nitriles is 1. The number of amides is 1. The van der Waals surface area contributed by atoms with Crippen molar-refractivity contribution in [2.75, 3.05) is 5.32 Å². The molecule has 0 spiro atoms. The third-order valence-corrected chi connectivity index (χ3v) is 5.37. The highest BCUT2D eigenvalue weighted by atomic mass is 16.3. The van der Waals surface area contributed by atoms with E-state index >= 15 is 0 Å². The van der Waals surface area contributed by atoms with Gasteiger partial charge in [0.1, 0.15) is 23.1 Å². The number of anilines is 1. The third-order valence-electron chi connectivity index (χ3n) is 5.37. The summed E-state index contributed by atoms with van der Waals surface area (Å²) in [6.45, 7) is 3.32. The van der Waals surface area contributed by atoms with E-state index in [0.29, 0.717) is 28.2 Å². The first-order chi connectivity index (χ1) is 13.9. The fraction of sp³-hybridized carbons (Fsp3) is 0.429. The summed E-state index contributed by atoms with van der Waals surface area (Å²) in [4.78, 5) is 13.0. The van der Waals surface area contributed by atoms with E-state index in [9.17, 15) is 9.90 Å². The van der Waals surface area contributed by atoms with E-state index in [-0.39, 0.29) is 11.9 Å². The Morgan fingerprint density at radius 3 is 2.76 bits per heavy atom. The first kappa shape index (κ1) is 19.2. The fourth-order valence-corrected chi connectivity index (χ4v) is 3.89. The number of hydrogen-bond donors (Lipinski definition) is 2. The van der Waals surface area contributed by atoms with Gasteiger partial charge in [0.25, 0.3) is 5.91 Å². The van der Waals surface area contributed by atoms with Crippen molar-refractivity contribution in [3.63, 3.8) is 0 Å². The molecule has 0 radical (unpaired) electrons. The Hall–Kier alpha value is -3.18. The first-order valence-electron chi connectivity index (χ1n) is 9.88. The Morgan fingerprint density at radius 1 is 1.31 bits per heavy atom. The van der Waals surface area contributed by atoms with Crippen LogP contribution in [-0.2, 0) is 5.60 Å². The predicted octanol–water partition coefficient (Wildman–Crippen LogP) is 3.39. The van der Waals surface area contributed by atoms with Crippen LogP contribution in [0.4, 0.5) is 5.69 Å². The molecule has 0 aliphatic heterocycles. The molecule has 0 bridgehead atoms. The van der Waals surface area contributed by atoms with Crippen molar-refractivity contribution in [1.82, 2.24) is 19.4 Å². The summed E-state index contributed by atoms with van der Waals surface area (Å²) in [7, 11) is 0. The number of aliphatic hydroxyl groups is 1. The Bertz CT molecular complexity index is 1090. The smallest absolute Gasteiger partial charge is 0.274 e. The summed E-state index contributed by atoms with van der Waals surface area (Å²) in [5.74, 6) is -0.351. The maximum absolute atomic E-state index is 13.0. The van der Waals surface area contributed by atoms with Gasteiger partial charge in [0.15, 0.2) is 0 Å². The Labute approximate surface area is 168 Å². The zero-order valence-corrected chi connectivity index (χ0v) is 16.6. The average Bonchev–Trinajstić information content (AvgIpc) is 3.32. The zero-order chi connectivity index (χ0) is 20.6. The lowest BCUT2D eigenvalue weighted by Gasteiger charge is -2.22. The highest BCUT2D eigenvalue weighted by Crippen LogP contribution is 2.32. The molecule has 29 heavy (non-hydrogen) atoms. The number of aromatic nitrogens is 4. The zero-order valence-electron chi connectivity index (χ0n) is 16.6. The maximum Gasteiger partial charge on any atom is 0.274 e. The van der Waals surface area contributed by atoms with Crippen LogP contribution in [0.1, 0.15) is 73.7 Å². The summed E-state index contributed by atoms with van der Waals surface area (Å²) >= 11 is 0. The van der Waals surface area contributed by atoms with Gasteiger partial charge in [-0.1, -0.05) is 19.3 Å². The van der Waals surface area contributed by atoms with Gasteiger partial charge < -0.3 is 10.4 Å². The van der Waals surface area contributed by atoms with Crippen LogP contribution in [-0.4, -0.2) is 30.4 Å². The van der Waals surface area contributed by atoms with Gasteiger partial charge in [-0.05, 0) is 44.9 Å². The Balaban J connectivity index is 1.65. The van der Waals surface area contributed by atoms with Gasteiger partial charge in [-0.15, -0.1) is 0 Å². The van der Waals surface area contributed by atoms with Gasteiger partial charge in [0.05, 0.1) is 29.0 Å². The number of nitrogens with one attached hydrogen (secondary N) is 1. The molecule has 1 amide bonds. The molecule has 2 N–H and O–H groups in total. The molecule has 3 aromatic heterocycles. The van der Waals surface area contributed by atoms with Crippen LogP contribution >= 0.6 is 0 Å². The number of hydrogen-bond acceptors (Lipinski definition) is 5. The molecule has 0 unspecified atom stereocenters. The Morgan fingerprint density at radius 2 is 2.07 bits per heavy atom. The first-order valence-corrected chi connectivity index (χ1v) is 9.88. The second-order valence-electron chi connectivity index (χ2n) is 8.09. The lowest BCUT2D eigenvalue weighted by atomic mass is 9.96. The molecule has 1 aliphatic rings. The SMILES string of the molecule is CC(C)(O)c1nn(C2CCCCC2)cc1NC(=O)c1ccc2cc(C#N)cnn12. The topological polar surface area (TPSA) is 108 Å². The van der Waals surface area contributed by atoms with Gasteiger partial charge in [-0.2, -0.15) is 15.5 Å². The highest BCUT2D eigenvalue weighted by Gasteiger charge is 2.28. The number of carbonyl (C=O) groups excluding carboxylic acids is 1. The van der Waals surface area contributed by atoms with E-state index in [2.05, 4.69) is 15.5 Å². The van der Waals surface area contributed by atoms with Crippen LogP contribution in [0.25, 0.3) is 5.52 Å². The Kier molecular flexibility index (Phi) is 4.84. The van der Waals surface area contributed by atoms with Crippen molar-refractivity contribution in [3.05, 3.63) is 47.5 Å². The molecular formula is C21H24N6O2. The molecule has 0 atom stereocenters. The summed E-state index contributed by atoms with van der Waals surface area (Å²) in [5, 5.41) is 31.3. The predicted molar refractivity (Wildman–Crippen MR) is 107 cm³/mol. The van der Waals surface area contributed by atoms with E-state index in [1.807, 2.05) is 16.9 Å². The van der Waals surface area contributed by atoms with Crippen molar-refractivity contribution >= 4 is 17.1 Å². The molecule has 0 aromatic carbocycles. The van der Waals surface area contributed by atoms with Gasteiger partial charge in [-0.25, -0.2) is 4.52 Å². The van der Waals surface area contributed by atoms with Gasteiger partial charge in [0, 0.05) is 6.20 Å². The second kappa shape index (κ2) is 7.33. The van der Waals surface area contributed by atoms with E-state index in [0.717, 1.165) is 25.7 Å². The van der Waals surface area contributed by atoms with Gasteiger partial charge in [0.2, 0.25) is 0 Å². The lowest BCUT2D eigenvalue weighted by molar-refractivity contribution is 0.0732. The van der Waals surface area contributed by atoms with Crippen LogP contribution in [0.3, 0.4) is 0 Å². The van der Waals surface area contributed by atoms with Crippen LogP contribution in [0, 0.1) is 11.3 Å². The summed E-state index contributed by atoms with van der Waals surface area (Å²) < 4.78 is 3.38. The molecule has 3 aromatic rings. The number of fused-ring (bicyclic) bond motifs is 1. The van der Waals surface area contributed by atoms with Crippen molar-refractivity contribution in [3.8, 4) is 6.07 Å². The standard InChI is InChI=1S/C21H24N6O2/c1-21(2,29)19-17(13-26(25-19)15-6-4-3-5-7-15)24-20(28)18-9-8-16-10-14(11-22)12-23-27(16)18/h8-10,12-13,15,29H,3-7H2,1-2H3,(H,24,28). The minimum Gasteiger partial charge on any atom is -0.384 e. The maximum atomic E-state index is 13.0. The molecule has 1 fully saturated rings. The lowest BCUT2D eigenvalue weighted by Crippen LogP contribution is -2.22. The van der Waals surface area contributed by atoms with E-state index in [1.165, 1.54) is 17.1 Å². The summed E-state index contributed by atoms with van der Waals surface area (Å²) in [6.07, 6.45) is 8.91.